The maximum Gasteiger partial charge on any atom is 0.409 e. The summed E-state index contributed by atoms with van der Waals surface area (Å²) < 4.78 is 31.4. The molecule has 0 bridgehead atoms. The minimum absolute atomic E-state index is 0.309. The molecule has 0 unspecified atom stereocenters. The van der Waals surface area contributed by atoms with Crippen molar-refractivity contribution in [2.24, 2.45) is 0 Å². The first kappa shape index (κ1) is 14.3. The van der Waals surface area contributed by atoms with E-state index in [4.69, 9.17) is 4.74 Å². The smallest absolute Gasteiger partial charge is 0.409 e. The molecule has 1 N–H and O–H groups in total. The molecule has 0 aromatic carbocycles. The average Bonchev–Trinajstić information content (AvgIpc) is 2.94. The Bertz CT molecular complexity index is 553. The first-order valence-electron chi connectivity index (χ1n) is 5.97. The molecule has 106 valence electrons. The maximum absolute atomic E-state index is 11.9. The molecule has 0 saturated carbocycles. The third-order valence-corrected chi connectivity index (χ3v) is 5.68. The Morgan fingerprint density at radius 1 is 1.47 bits per heavy atom. The van der Waals surface area contributed by atoms with Crippen molar-refractivity contribution in [3.05, 3.63) is 17.0 Å². The number of sulfonamides is 1. The summed E-state index contributed by atoms with van der Waals surface area (Å²) in [4.78, 5) is 13.7. The second kappa shape index (κ2) is 5.89. The van der Waals surface area contributed by atoms with Gasteiger partial charge in [0.25, 0.3) is 0 Å². The first-order valence-corrected chi connectivity index (χ1v) is 8.27. The molecular formula is C11H16N2O4S2. The number of carbonyl (C=O) groups is 1. The number of amides is 1. The van der Waals surface area contributed by atoms with E-state index in [0.29, 0.717) is 36.9 Å². The molecule has 2 heterocycles. The molecule has 1 aromatic rings. The minimum atomic E-state index is -3.41. The van der Waals surface area contributed by atoms with Crippen LogP contribution >= 0.6 is 11.3 Å². The van der Waals surface area contributed by atoms with Crippen molar-refractivity contribution in [3.63, 3.8) is 0 Å². The van der Waals surface area contributed by atoms with E-state index in [1.165, 1.54) is 11.3 Å². The molecule has 1 saturated heterocycles. The standard InChI is InChI=1S/C11H16N2O4S2/c1-9-3-4-10(18-9)19(15,16)12-5-2-6-13-7-8-17-11(13)14/h3-4,12H,2,5-8H2,1H3. The Morgan fingerprint density at radius 2 is 2.26 bits per heavy atom. The SMILES string of the molecule is Cc1ccc(S(=O)(=O)NCCCN2CCOC2=O)s1. The highest BCUT2D eigenvalue weighted by molar-refractivity contribution is 7.91. The van der Waals surface area contributed by atoms with Crippen LogP contribution in [-0.2, 0) is 14.8 Å². The second-order valence-electron chi connectivity index (χ2n) is 4.22. The van der Waals surface area contributed by atoms with E-state index < -0.39 is 10.0 Å². The fourth-order valence-corrected chi connectivity index (χ4v) is 4.13. The summed E-state index contributed by atoms with van der Waals surface area (Å²) in [7, 11) is -3.41. The molecule has 0 spiro atoms. The number of rotatable bonds is 6. The van der Waals surface area contributed by atoms with Crippen LogP contribution in [0.15, 0.2) is 16.3 Å². The molecule has 2 rings (SSSR count). The lowest BCUT2D eigenvalue weighted by Gasteiger charge is -2.12. The Morgan fingerprint density at radius 3 is 2.84 bits per heavy atom. The van der Waals surface area contributed by atoms with Crippen molar-refractivity contribution >= 4 is 27.5 Å². The summed E-state index contributed by atoms with van der Waals surface area (Å²) in [5.74, 6) is 0. The summed E-state index contributed by atoms with van der Waals surface area (Å²) in [5, 5.41) is 0. The number of hydrogen-bond donors (Lipinski definition) is 1. The van der Waals surface area contributed by atoms with E-state index in [1.54, 1.807) is 17.0 Å². The maximum atomic E-state index is 11.9. The molecule has 8 heteroatoms. The van der Waals surface area contributed by atoms with Crippen molar-refractivity contribution in [1.82, 2.24) is 9.62 Å². The first-order chi connectivity index (χ1) is 8.99. The Balaban J connectivity index is 1.77. The summed E-state index contributed by atoms with van der Waals surface area (Å²) in [5.41, 5.74) is 0. The molecule has 1 aliphatic heterocycles. The summed E-state index contributed by atoms with van der Waals surface area (Å²) in [6.07, 6.45) is 0.246. The normalized spacial score (nSPS) is 15.8. The lowest BCUT2D eigenvalue weighted by atomic mass is 10.4. The molecule has 19 heavy (non-hydrogen) atoms. The van der Waals surface area contributed by atoms with Crippen LogP contribution in [0.5, 0.6) is 0 Å². The topological polar surface area (TPSA) is 75.7 Å². The molecule has 1 amide bonds. The zero-order valence-corrected chi connectivity index (χ0v) is 12.2. The Hall–Kier alpha value is -1.12. The molecule has 0 aliphatic carbocycles. The van der Waals surface area contributed by atoms with Gasteiger partial charge >= 0.3 is 6.09 Å². The predicted molar refractivity (Wildman–Crippen MR) is 71.8 cm³/mol. The van der Waals surface area contributed by atoms with Crippen molar-refractivity contribution in [1.29, 1.82) is 0 Å². The van der Waals surface area contributed by atoms with Crippen LogP contribution in [0.3, 0.4) is 0 Å². The third kappa shape index (κ3) is 3.68. The largest absolute Gasteiger partial charge is 0.448 e. The highest BCUT2D eigenvalue weighted by Gasteiger charge is 2.21. The lowest BCUT2D eigenvalue weighted by molar-refractivity contribution is 0.158. The van der Waals surface area contributed by atoms with Gasteiger partial charge < -0.3 is 9.64 Å². The Labute approximate surface area is 116 Å². The summed E-state index contributed by atoms with van der Waals surface area (Å²) in [6, 6.07) is 3.37. The van der Waals surface area contributed by atoms with Gasteiger partial charge in [0.05, 0.1) is 6.54 Å². The van der Waals surface area contributed by atoms with E-state index in [9.17, 15) is 13.2 Å². The summed E-state index contributed by atoms with van der Waals surface area (Å²) >= 11 is 1.24. The lowest BCUT2D eigenvalue weighted by Crippen LogP contribution is -2.30. The average molecular weight is 304 g/mol. The van der Waals surface area contributed by atoms with Crippen LogP contribution in [0, 0.1) is 6.92 Å². The third-order valence-electron chi connectivity index (χ3n) is 2.72. The molecular weight excluding hydrogens is 288 g/mol. The number of thiophene rings is 1. The van der Waals surface area contributed by atoms with E-state index in [2.05, 4.69) is 4.72 Å². The van der Waals surface area contributed by atoms with Gasteiger partial charge in [0.2, 0.25) is 10.0 Å². The van der Waals surface area contributed by atoms with Crippen LogP contribution in [0.2, 0.25) is 0 Å². The van der Waals surface area contributed by atoms with Crippen LogP contribution in [-0.4, -0.2) is 45.7 Å². The fraction of sp³-hybridized carbons (Fsp3) is 0.545. The van der Waals surface area contributed by atoms with Gasteiger partial charge in [-0.05, 0) is 25.5 Å². The van der Waals surface area contributed by atoms with Gasteiger partial charge in [0.15, 0.2) is 0 Å². The van der Waals surface area contributed by atoms with Gasteiger partial charge in [-0.2, -0.15) is 0 Å². The van der Waals surface area contributed by atoms with Gasteiger partial charge in [-0.15, -0.1) is 11.3 Å². The predicted octanol–water partition coefficient (Wildman–Crippen LogP) is 1.18. The number of cyclic esters (lactones) is 1. The molecule has 1 aromatic heterocycles. The van der Waals surface area contributed by atoms with Gasteiger partial charge in [0, 0.05) is 18.0 Å². The number of aryl methyl sites for hydroxylation is 1. The van der Waals surface area contributed by atoms with Crippen molar-refractivity contribution in [2.45, 2.75) is 17.6 Å². The van der Waals surface area contributed by atoms with Crippen molar-refractivity contribution < 1.29 is 17.9 Å². The van der Waals surface area contributed by atoms with Gasteiger partial charge in [-0.25, -0.2) is 17.9 Å². The number of carbonyl (C=O) groups excluding carboxylic acids is 1. The van der Waals surface area contributed by atoms with Crippen molar-refractivity contribution in [2.75, 3.05) is 26.2 Å². The van der Waals surface area contributed by atoms with Gasteiger partial charge in [-0.3, -0.25) is 0 Å². The molecule has 0 atom stereocenters. The Kier molecular flexibility index (Phi) is 4.43. The quantitative estimate of drug-likeness (QED) is 0.801. The molecule has 0 radical (unpaired) electrons. The molecule has 1 aliphatic rings. The number of ether oxygens (including phenoxy) is 1. The van der Waals surface area contributed by atoms with E-state index in [1.807, 2.05) is 6.92 Å². The fourth-order valence-electron chi connectivity index (χ4n) is 1.73. The van der Waals surface area contributed by atoms with Crippen LogP contribution in [0.25, 0.3) is 0 Å². The van der Waals surface area contributed by atoms with Crippen molar-refractivity contribution in [3.8, 4) is 0 Å². The second-order valence-corrected chi connectivity index (χ2v) is 7.50. The number of nitrogens with one attached hydrogen (secondary N) is 1. The van der Waals surface area contributed by atoms with Gasteiger partial charge in [0.1, 0.15) is 10.8 Å². The summed E-state index contributed by atoms with van der Waals surface area (Å²) in [6.45, 7) is 3.67. The number of hydrogen-bond acceptors (Lipinski definition) is 5. The zero-order chi connectivity index (χ0) is 13.9. The highest BCUT2D eigenvalue weighted by Crippen LogP contribution is 2.20. The van der Waals surface area contributed by atoms with Gasteiger partial charge in [-0.1, -0.05) is 0 Å². The van der Waals surface area contributed by atoms with E-state index in [-0.39, 0.29) is 6.09 Å². The van der Waals surface area contributed by atoms with Crippen LogP contribution < -0.4 is 4.72 Å². The van der Waals surface area contributed by atoms with Crippen LogP contribution in [0.1, 0.15) is 11.3 Å². The highest BCUT2D eigenvalue weighted by atomic mass is 32.2. The monoisotopic (exact) mass is 304 g/mol. The molecule has 6 nitrogen and oxygen atoms in total. The molecule has 1 fully saturated rings. The van der Waals surface area contributed by atoms with Crippen LogP contribution in [0.4, 0.5) is 4.79 Å². The van der Waals surface area contributed by atoms with E-state index in [0.717, 1.165) is 4.88 Å². The van der Waals surface area contributed by atoms with E-state index >= 15 is 0 Å². The number of nitrogens with zero attached hydrogens (tertiary/aromatic N) is 1. The minimum Gasteiger partial charge on any atom is -0.448 e. The zero-order valence-electron chi connectivity index (χ0n) is 10.6.